The fraction of sp³-hybridized carbons (Fsp3) is 0.333. The second kappa shape index (κ2) is 6.12. The molecule has 21 heavy (non-hydrogen) atoms. The molecular formula is C12H16BrN5O2S. The normalized spacial score (nSPS) is 11.8. The van der Waals surface area contributed by atoms with E-state index in [-0.39, 0.29) is 17.3 Å². The Morgan fingerprint density at radius 2 is 2.19 bits per heavy atom. The summed E-state index contributed by atoms with van der Waals surface area (Å²) in [6.07, 6.45) is 3.98. The van der Waals surface area contributed by atoms with Crippen LogP contribution < -0.4 is 10.5 Å². The zero-order valence-electron chi connectivity index (χ0n) is 11.7. The van der Waals surface area contributed by atoms with Crippen LogP contribution in [0.4, 0.5) is 5.82 Å². The van der Waals surface area contributed by atoms with Crippen molar-refractivity contribution in [1.29, 1.82) is 0 Å². The average molecular weight is 374 g/mol. The quantitative estimate of drug-likeness (QED) is 0.819. The fourth-order valence-electron chi connectivity index (χ4n) is 1.93. The van der Waals surface area contributed by atoms with Gasteiger partial charge in [-0.15, -0.1) is 0 Å². The lowest BCUT2D eigenvalue weighted by Gasteiger charge is -2.08. The van der Waals surface area contributed by atoms with E-state index < -0.39 is 10.0 Å². The van der Waals surface area contributed by atoms with Crippen LogP contribution in [-0.4, -0.2) is 23.2 Å². The van der Waals surface area contributed by atoms with Crippen LogP contribution in [0, 0.1) is 0 Å². The van der Waals surface area contributed by atoms with Gasteiger partial charge in [0.15, 0.2) is 0 Å². The van der Waals surface area contributed by atoms with E-state index in [1.54, 1.807) is 17.9 Å². The highest BCUT2D eigenvalue weighted by molar-refractivity contribution is 9.10. The molecule has 2 rings (SSSR count). The van der Waals surface area contributed by atoms with E-state index in [2.05, 4.69) is 30.7 Å². The van der Waals surface area contributed by atoms with Crippen molar-refractivity contribution in [3.05, 3.63) is 34.2 Å². The predicted octanol–water partition coefficient (Wildman–Crippen LogP) is 1.20. The molecule has 2 heterocycles. The number of pyridine rings is 1. The summed E-state index contributed by atoms with van der Waals surface area (Å²) < 4.78 is 29.4. The van der Waals surface area contributed by atoms with Gasteiger partial charge in [0.2, 0.25) is 10.0 Å². The van der Waals surface area contributed by atoms with Gasteiger partial charge in [0.25, 0.3) is 0 Å². The Bertz CT molecular complexity index is 757. The van der Waals surface area contributed by atoms with E-state index in [9.17, 15) is 8.42 Å². The molecule has 3 N–H and O–H groups in total. The van der Waals surface area contributed by atoms with Gasteiger partial charge in [0, 0.05) is 36.0 Å². The Labute approximate surface area is 131 Å². The first-order valence-electron chi connectivity index (χ1n) is 6.25. The third-order valence-corrected chi connectivity index (χ3v) is 4.78. The molecule has 2 aromatic heterocycles. The highest BCUT2D eigenvalue weighted by Gasteiger charge is 2.19. The SMILES string of the molecule is CCc1nn(C)cc1CNS(=O)(=O)c1cc(Br)cnc1N. The molecular weight excluding hydrogens is 358 g/mol. The number of sulfonamides is 1. The van der Waals surface area contributed by atoms with E-state index >= 15 is 0 Å². The Morgan fingerprint density at radius 3 is 2.86 bits per heavy atom. The molecule has 0 saturated heterocycles. The van der Waals surface area contributed by atoms with Gasteiger partial charge >= 0.3 is 0 Å². The van der Waals surface area contributed by atoms with E-state index in [1.165, 1.54) is 12.3 Å². The van der Waals surface area contributed by atoms with Gasteiger partial charge in [-0.05, 0) is 28.4 Å². The van der Waals surface area contributed by atoms with Crippen LogP contribution >= 0.6 is 15.9 Å². The molecule has 9 heteroatoms. The van der Waals surface area contributed by atoms with Crippen molar-refractivity contribution in [1.82, 2.24) is 19.5 Å². The van der Waals surface area contributed by atoms with Gasteiger partial charge in [-0.3, -0.25) is 4.68 Å². The Hall–Kier alpha value is -1.45. The van der Waals surface area contributed by atoms with Crippen LogP contribution in [0.1, 0.15) is 18.2 Å². The molecule has 2 aromatic rings. The van der Waals surface area contributed by atoms with Gasteiger partial charge in [0.05, 0.1) is 5.69 Å². The number of aromatic nitrogens is 3. The minimum atomic E-state index is -3.73. The summed E-state index contributed by atoms with van der Waals surface area (Å²) in [5.41, 5.74) is 7.34. The summed E-state index contributed by atoms with van der Waals surface area (Å²) in [6.45, 7) is 2.13. The van der Waals surface area contributed by atoms with Crippen LogP contribution in [-0.2, 0) is 30.0 Å². The second-order valence-corrected chi connectivity index (χ2v) is 7.14. The summed E-state index contributed by atoms with van der Waals surface area (Å²) in [7, 11) is -1.93. The molecule has 0 spiro atoms. The highest BCUT2D eigenvalue weighted by atomic mass is 79.9. The lowest BCUT2D eigenvalue weighted by molar-refractivity contribution is 0.581. The molecule has 0 unspecified atom stereocenters. The highest BCUT2D eigenvalue weighted by Crippen LogP contribution is 2.20. The average Bonchev–Trinajstić information content (AvgIpc) is 2.79. The number of rotatable bonds is 5. The van der Waals surface area contributed by atoms with Gasteiger partial charge in [-0.2, -0.15) is 5.10 Å². The number of hydrogen-bond acceptors (Lipinski definition) is 5. The number of halogens is 1. The van der Waals surface area contributed by atoms with Gasteiger partial charge in [-0.1, -0.05) is 6.92 Å². The third kappa shape index (κ3) is 3.60. The maximum absolute atomic E-state index is 12.3. The van der Waals surface area contributed by atoms with Gasteiger partial charge in [0.1, 0.15) is 10.7 Å². The first kappa shape index (κ1) is 15.9. The van der Waals surface area contributed by atoms with Crippen LogP contribution in [0.25, 0.3) is 0 Å². The molecule has 0 aromatic carbocycles. The monoisotopic (exact) mass is 373 g/mol. The molecule has 114 valence electrons. The number of hydrogen-bond donors (Lipinski definition) is 2. The summed E-state index contributed by atoms with van der Waals surface area (Å²) in [5.74, 6) is -0.0346. The maximum atomic E-state index is 12.3. The first-order chi connectivity index (χ1) is 9.83. The van der Waals surface area contributed by atoms with Crippen molar-refractivity contribution in [2.24, 2.45) is 7.05 Å². The standard InChI is InChI=1S/C12H16BrN5O2S/c1-3-10-8(7-18(2)17-10)5-16-21(19,20)11-4-9(13)6-15-12(11)14/h4,6-7,16H,3,5H2,1-2H3,(H2,14,15). The number of nitrogens with one attached hydrogen (secondary N) is 1. The number of aryl methyl sites for hydroxylation is 2. The molecule has 0 radical (unpaired) electrons. The van der Waals surface area contributed by atoms with Crippen molar-refractivity contribution in [3.63, 3.8) is 0 Å². The largest absolute Gasteiger partial charge is 0.383 e. The molecule has 0 amide bonds. The van der Waals surface area contributed by atoms with Gasteiger partial charge < -0.3 is 5.73 Å². The zero-order valence-corrected chi connectivity index (χ0v) is 14.1. The number of nitrogen functional groups attached to an aromatic ring is 1. The molecule has 0 saturated carbocycles. The van der Waals surface area contributed by atoms with Crippen molar-refractivity contribution in [2.75, 3.05) is 5.73 Å². The minimum Gasteiger partial charge on any atom is -0.383 e. The first-order valence-corrected chi connectivity index (χ1v) is 8.53. The molecule has 7 nitrogen and oxygen atoms in total. The topological polar surface area (TPSA) is 103 Å². The predicted molar refractivity (Wildman–Crippen MR) is 83.0 cm³/mol. The lowest BCUT2D eigenvalue weighted by Crippen LogP contribution is -2.24. The molecule has 0 aliphatic heterocycles. The van der Waals surface area contributed by atoms with Crippen LogP contribution in [0.2, 0.25) is 0 Å². The third-order valence-electron chi connectivity index (χ3n) is 2.92. The van der Waals surface area contributed by atoms with Gasteiger partial charge in [-0.25, -0.2) is 18.1 Å². The summed E-state index contributed by atoms with van der Waals surface area (Å²) in [6, 6.07) is 1.43. The Morgan fingerprint density at radius 1 is 1.48 bits per heavy atom. The van der Waals surface area contributed by atoms with E-state index in [1.807, 2.05) is 6.92 Å². The number of nitrogens with zero attached hydrogens (tertiary/aromatic N) is 3. The van der Waals surface area contributed by atoms with Crippen molar-refractivity contribution in [2.45, 2.75) is 24.8 Å². The van der Waals surface area contributed by atoms with Crippen molar-refractivity contribution < 1.29 is 8.42 Å². The minimum absolute atomic E-state index is 0.0346. The van der Waals surface area contributed by atoms with Crippen molar-refractivity contribution >= 4 is 31.8 Å². The molecule has 0 atom stereocenters. The van der Waals surface area contributed by atoms with Crippen LogP contribution in [0.5, 0.6) is 0 Å². The molecule has 0 bridgehead atoms. The Kier molecular flexibility index (Phi) is 4.64. The van der Waals surface area contributed by atoms with Crippen molar-refractivity contribution in [3.8, 4) is 0 Å². The smallest absolute Gasteiger partial charge is 0.244 e. The van der Waals surface area contributed by atoms with Crippen LogP contribution in [0.3, 0.4) is 0 Å². The Balaban J connectivity index is 2.23. The van der Waals surface area contributed by atoms with E-state index in [0.29, 0.717) is 4.47 Å². The van der Waals surface area contributed by atoms with E-state index in [4.69, 9.17) is 5.73 Å². The maximum Gasteiger partial charge on any atom is 0.244 e. The summed E-state index contributed by atoms with van der Waals surface area (Å²) in [5, 5.41) is 4.27. The number of nitrogens with two attached hydrogens (primary N) is 1. The summed E-state index contributed by atoms with van der Waals surface area (Å²) >= 11 is 3.19. The zero-order chi connectivity index (χ0) is 15.6. The molecule has 0 aliphatic rings. The fourth-order valence-corrected chi connectivity index (χ4v) is 3.52. The summed E-state index contributed by atoms with van der Waals surface area (Å²) in [4.78, 5) is 3.79. The van der Waals surface area contributed by atoms with E-state index in [0.717, 1.165) is 17.7 Å². The lowest BCUT2D eigenvalue weighted by atomic mass is 10.2. The molecule has 0 aliphatic carbocycles. The van der Waals surface area contributed by atoms with Crippen LogP contribution in [0.15, 0.2) is 27.8 Å². The number of anilines is 1. The molecule has 0 fully saturated rings. The second-order valence-electron chi connectivity index (χ2n) is 4.49.